The first-order valence-electron chi connectivity index (χ1n) is 6.88. The highest BCUT2D eigenvalue weighted by molar-refractivity contribution is 5.81. The quantitative estimate of drug-likeness (QED) is 0.273. The minimum Gasteiger partial charge on any atom is -0.463 e. The van der Waals surface area contributed by atoms with Gasteiger partial charge < -0.3 is 23.7 Å². The average molecular weight is 336 g/mol. The van der Waals surface area contributed by atoms with E-state index in [4.69, 9.17) is 23.7 Å². The highest BCUT2D eigenvalue weighted by atomic mass is 16.6. The summed E-state index contributed by atoms with van der Waals surface area (Å²) in [6.07, 6.45) is 1.47. The third kappa shape index (κ3) is 20.6. The zero-order valence-corrected chi connectivity index (χ0v) is 12.5. The van der Waals surface area contributed by atoms with Gasteiger partial charge >= 0.3 is 11.9 Å². The zero-order chi connectivity index (χ0) is 15.8. The number of hydrogen-bond donors (Lipinski definition) is 0. The SMILES string of the molecule is C.C.C=CC(=O)OCCOCCOCCOCCOC(=O)CC. The van der Waals surface area contributed by atoms with E-state index in [1.165, 1.54) is 0 Å². The molecule has 23 heavy (non-hydrogen) atoms. The molecule has 0 amide bonds. The molecule has 0 aliphatic rings. The molecule has 0 atom stereocenters. The van der Waals surface area contributed by atoms with Gasteiger partial charge in [-0.25, -0.2) is 4.79 Å². The van der Waals surface area contributed by atoms with Crippen LogP contribution in [0.1, 0.15) is 28.2 Å². The van der Waals surface area contributed by atoms with Gasteiger partial charge in [-0.15, -0.1) is 0 Å². The van der Waals surface area contributed by atoms with Crippen LogP contribution in [0.3, 0.4) is 0 Å². The lowest BCUT2D eigenvalue weighted by molar-refractivity contribution is -0.145. The van der Waals surface area contributed by atoms with E-state index in [1.807, 2.05) is 0 Å². The Hall–Kier alpha value is -1.44. The number of carbonyl (C=O) groups excluding carboxylic acids is 2. The molecule has 0 aromatic rings. The van der Waals surface area contributed by atoms with E-state index in [9.17, 15) is 9.59 Å². The van der Waals surface area contributed by atoms with Crippen LogP contribution in [0.2, 0.25) is 0 Å². The summed E-state index contributed by atoms with van der Waals surface area (Å²) in [6, 6.07) is 0. The minimum atomic E-state index is -0.461. The Bertz CT molecular complexity index is 292. The van der Waals surface area contributed by atoms with Crippen LogP contribution in [0.15, 0.2) is 12.7 Å². The molecule has 0 aromatic carbocycles. The first-order chi connectivity index (χ1) is 10.2. The highest BCUT2D eigenvalue weighted by Gasteiger charge is 1.97. The van der Waals surface area contributed by atoms with Crippen molar-refractivity contribution in [2.45, 2.75) is 28.2 Å². The van der Waals surface area contributed by atoms with Crippen molar-refractivity contribution in [2.24, 2.45) is 0 Å². The van der Waals surface area contributed by atoms with Gasteiger partial charge in [0.15, 0.2) is 0 Å². The van der Waals surface area contributed by atoms with Crippen LogP contribution in [-0.2, 0) is 33.3 Å². The summed E-state index contributed by atoms with van der Waals surface area (Å²) in [5, 5.41) is 0. The van der Waals surface area contributed by atoms with Crippen molar-refractivity contribution in [2.75, 3.05) is 52.9 Å². The van der Waals surface area contributed by atoms with Crippen LogP contribution in [0.25, 0.3) is 0 Å². The maximum absolute atomic E-state index is 10.8. The lowest BCUT2D eigenvalue weighted by Crippen LogP contribution is -2.14. The van der Waals surface area contributed by atoms with Crippen molar-refractivity contribution < 1.29 is 33.3 Å². The van der Waals surface area contributed by atoms with Gasteiger partial charge in [0.05, 0.1) is 39.6 Å². The number of rotatable bonds is 14. The molecule has 0 unspecified atom stereocenters. The summed E-state index contributed by atoms with van der Waals surface area (Å²) < 4.78 is 25.2. The lowest BCUT2D eigenvalue weighted by atomic mass is 10.5. The Balaban J connectivity index is -0.00000200. The molecule has 0 radical (unpaired) electrons. The molecular formula is C16H32O7. The molecule has 0 spiro atoms. The highest BCUT2D eigenvalue weighted by Crippen LogP contribution is 1.86. The summed E-state index contributed by atoms with van der Waals surface area (Å²) in [5.41, 5.74) is 0. The predicted octanol–water partition coefficient (Wildman–Crippen LogP) is 1.99. The van der Waals surface area contributed by atoms with Gasteiger partial charge in [0.2, 0.25) is 0 Å². The second-order valence-electron chi connectivity index (χ2n) is 3.78. The Morgan fingerprint density at radius 3 is 1.57 bits per heavy atom. The van der Waals surface area contributed by atoms with E-state index in [0.717, 1.165) is 6.08 Å². The van der Waals surface area contributed by atoms with Gasteiger partial charge in [-0.05, 0) is 0 Å². The summed E-state index contributed by atoms with van der Waals surface area (Å²) in [5.74, 6) is -0.692. The largest absolute Gasteiger partial charge is 0.463 e. The molecule has 0 N–H and O–H groups in total. The van der Waals surface area contributed by atoms with Crippen molar-refractivity contribution in [1.82, 2.24) is 0 Å². The van der Waals surface area contributed by atoms with Crippen LogP contribution in [0.5, 0.6) is 0 Å². The molecule has 7 nitrogen and oxygen atoms in total. The second-order valence-corrected chi connectivity index (χ2v) is 3.78. The Morgan fingerprint density at radius 1 is 0.783 bits per heavy atom. The average Bonchev–Trinajstić information content (AvgIpc) is 2.51. The van der Waals surface area contributed by atoms with Crippen molar-refractivity contribution >= 4 is 11.9 Å². The summed E-state index contributed by atoms with van der Waals surface area (Å²) >= 11 is 0. The Labute approximate surface area is 139 Å². The second kappa shape index (κ2) is 20.6. The van der Waals surface area contributed by atoms with Gasteiger partial charge in [-0.3, -0.25) is 4.79 Å². The monoisotopic (exact) mass is 336 g/mol. The van der Waals surface area contributed by atoms with Crippen LogP contribution in [0.4, 0.5) is 0 Å². The van der Waals surface area contributed by atoms with Gasteiger partial charge in [0.25, 0.3) is 0 Å². The number of ether oxygens (including phenoxy) is 5. The van der Waals surface area contributed by atoms with E-state index < -0.39 is 5.97 Å². The number of carbonyl (C=O) groups is 2. The normalized spacial score (nSPS) is 9.26. The van der Waals surface area contributed by atoms with Gasteiger partial charge in [-0.1, -0.05) is 28.4 Å². The van der Waals surface area contributed by atoms with E-state index in [0.29, 0.717) is 46.1 Å². The molecule has 0 fully saturated rings. The first-order valence-corrected chi connectivity index (χ1v) is 6.88. The smallest absolute Gasteiger partial charge is 0.330 e. The fourth-order valence-corrected chi connectivity index (χ4v) is 1.12. The van der Waals surface area contributed by atoms with Crippen LogP contribution in [0, 0.1) is 0 Å². The molecule has 0 bridgehead atoms. The summed E-state index contributed by atoms with van der Waals surface area (Å²) in [4.78, 5) is 21.5. The van der Waals surface area contributed by atoms with Crippen LogP contribution >= 0.6 is 0 Å². The van der Waals surface area contributed by atoms with Crippen molar-refractivity contribution in [1.29, 1.82) is 0 Å². The Kier molecular flexibility index (Phi) is 23.7. The van der Waals surface area contributed by atoms with E-state index in [2.05, 4.69) is 6.58 Å². The third-order valence-corrected chi connectivity index (χ3v) is 2.16. The van der Waals surface area contributed by atoms with E-state index >= 15 is 0 Å². The zero-order valence-electron chi connectivity index (χ0n) is 12.5. The fraction of sp³-hybridized carbons (Fsp3) is 0.750. The standard InChI is InChI=1S/C14H24O7.2CH4/c1-3-13(15)20-11-9-18-7-5-17-6-8-19-10-12-21-14(16)4-2;;/h3H,1,4-12H2,2H3;2*1H4. The maximum atomic E-state index is 10.8. The van der Waals surface area contributed by atoms with Crippen molar-refractivity contribution in [3.8, 4) is 0 Å². The molecule has 0 saturated heterocycles. The molecule has 0 aromatic heterocycles. The summed E-state index contributed by atoms with van der Waals surface area (Å²) in [6.45, 7) is 7.88. The maximum Gasteiger partial charge on any atom is 0.330 e. The minimum absolute atomic E-state index is 0. The topological polar surface area (TPSA) is 80.3 Å². The molecule has 138 valence electrons. The van der Waals surface area contributed by atoms with Crippen LogP contribution in [-0.4, -0.2) is 64.8 Å². The van der Waals surface area contributed by atoms with Gasteiger partial charge in [0, 0.05) is 12.5 Å². The predicted molar refractivity (Wildman–Crippen MR) is 88.3 cm³/mol. The molecular weight excluding hydrogens is 304 g/mol. The molecule has 0 aliphatic carbocycles. The first kappa shape index (κ1) is 26.5. The lowest BCUT2D eigenvalue weighted by Gasteiger charge is -2.07. The van der Waals surface area contributed by atoms with E-state index in [1.54, 1.807) is 6.92 Å². The molecule has 7 heteroatoms. The third-order valence-electron chi connectivity index (χ3n) is 2.16. The van der Waals surface area contributed by atoms with Gasteiger partial charge in [-0.2, -0.15) is 0 Å². The van der Waals surface area contributed by atoms with Crippen LogP contribution < -0.4 is 0 Å². The van der Waals surface area contributed by atoms with Gasteiger partial charge in [0.1, 0.15) is 13.2 Å². The van der Waals surface area contributed by atoms with Crippen molar-refractivity contribution in [3.05, 3.63) is 12.7 Å². The number of esters is 2. The summed E-state index contributed by atoms with van der Waals surface area (Å²) in [7, 11) is 0. The molecule has 0 saturated carbocycles. The van der Waals surface area contributed by atoms with E-state index in [-0.39, 0.29) is 34.0 Å². The molecule has 0 aliphatic heterocycles. The Morgan fingerprint density at radius 2 is 1.17 bits per heavy atom. The van der Waals surface area contributed by atoms with Crippen molar-refractivity contribution in [3.63, 3.8) is 0 Å². The molecule has 0 heterocycles. The molecule has 0 rings (SSSR count). The number of hydrogen-bond acceptors (Lipinski definition) is 7. The fourth-order valence-electron chi connectivity index (χ4n) is 1.12.